The summed E-state index contributed by atoms with van der Waals surface area (Å²) in [5.74, 6) is -0.287. The maximum absolute atomic E-state index is 9.81. The Kier molecular flexibility index (Phi) is 2.64. The first-order valence-electron chi connectivity index (χ1n) is 5.24. The fraction of sp³-hybridized carbons (Fsp3) is 0.818. The van der Waals surface area contributed by atoms with Gasteiger partial charge in [-0.15, -0.1) is 0 Å². The van der Waals surface area contributed by atoms with E-state index < -0.39 is 5.79 Å². The second kappa shape index (κ2) is 3.65. The van der Waals surface area contributed by atoms with E-state index in [4.69, 9.17) is 9.47 Å². The molecular weight excluding hydrogens is 180 g/mol. The Hall–Kier alpha value is -0.380. The number of rotatable bonds is 1. The Balaban J connectivity index is 2.08. The molecule has 0 aromatic heterocycles. The van der Waals surface area contributed by atoms with Crippen molar-refractivity contribution in [1.82, 2.24) is 0 Å². The van der Waals surface area contributed by atoms with Gasteiger partial charge in [0.2, 0.25) is 0 Å². The van der Waals surface area contributed by atoms with Crippen molar-refractivity contribution in [1.29, 1.82) is 0 Å². The van der Waals surface area contributed by atoms with Crippen LogP contribution >= 0.6 is 0 Å². The summed E-state index contributed by atoms with van der Waals surface area (Å²) in [6.07, 6.45) is 2.03. The summed E-state index contributed by atoms with van der Waals surface area (Å²) in [5, 5.41) is 9.81. The van der Waals surface area contributed by atoms with Gasteiger partial charge in [-0.2, -0.15) is 0 Å². The average molecular weight is 198 g/mol. The van der Waals surface area contributed by atoms with E-state index in [9.17, 15) is 5.11 Å². The maximum atomic E-state index is 9.81. The smallest absolute Gasteiger partial charge is 0.169 e. The molecule has 1 aliphatic heterocycles. The lowest BCUT2D eigenvalue weighted by Gasteiger charge is -2.39. The van der Waals surface area contributed by atoms with E-state index in [-0.39, 0.29) is 12.0 Å². The topological polar surface area (TPSA) is 38.7 Å². The summed E-state index contributed by atoms with van der Waals surface area (Å²) < 4.78 is 11.3. The minimum Gasteiger partial charge on any atom is -0.392 e. The SMILES string of the molecule is C=C(C)C1CC2(CCC1O)OCCO2. The minimum absolute atomic E-state index is 0.127. The highest BCUT2D eigenvalue weighted by Gasteiger charge is 2.44. The molecule has 0 aromatic rings. The third-order valence-corrected chi connectivity index (χ3v) is 3.26. The predicted octanol–water partition coefficient (Wildman–Crippen LogP) is 1.47. The van der Waals surface area contributed by atoms with Gasteiger partial charge in [0, 0.05) is 18.8 Å². The molecule has 2 atom stereocenters. The molecular formula is C11H18O3. The molecule has 2 unspecified atom stereocenters. The van der Waals surface area contributed by atoms with Gasteiger partial charge in [0.15, 0.2) is 5.79 Å². The van der Waals surface area contributed by atoms with Crippen LogP contribution in [0.25, 0.3) is 0 Å². The quantitative estimate of drug-likeness (QED) is 0.648. The van der Waals surface area contributed by atoms with Crippen molar-refractivity contribution in [3.8, 4) is 0 Å². The van der Waals surface area contributed by atoms with Gasteiger partial charge in [-0.25, -0.2) is 0 Å². The Morgan fingerprint density at radius 2 is 2.07 bits per heavy atom. The standard InChI is InChI=1S/C11H18O3/c1-8(2)9-7-11(4-3-10(9)12)13-5-6-14-11/h9-10,12H,1,3-7H2,2H3. The molecule has 1 saturated carbocycles. The van der Waals surface area contributed by atoms with Crippen molar-refractivity contribution < 1.29 is 14.6 Å². The summed E-state index contributed by atoms with van der Waals surface area (Å²) in [7, 11) is 0. The molecule has 1 heterocycles. The molecule has 3 nitrogen and oxygen atoms in total. The molecule has 0 bridgehead atoms. The van der Waals surface area contributed by atoms with Gasteiger partial charge in [-0.05, 0) is 13.3 Å². The fourth-order valence-corrected chi connectivity index (χ4v) is 2.40. The third kappa shape index (κ3) is 1.72. The van der Waals surface area contributed by atoms with Crippen molar-refractivity contribution in [3.63, 3.8) is 0 Å². The lowest BCUT2D eigenvalue weighted by molar-refractivity contribution is -0.198. The molecule has 2 fully saturated rings. The number of hydrogen-bond acceptors (Lipinski definition) is 3. The molecule has 2 rings (SSSR count). The van der Waals surface area contributed by atoms with E-state index in [1.54, 1.807) is 0 Å². The number of aliphatic hydroxyl groups is 1. The van der Waals surface area contributed by atoms with Crippen molar-refractivity contribution in [2.75, 3.05) is 13.2 Å². The molecule has 1 saturated heterocycles. The van der Waals surface area contributed by atoms with Crippen LogP contribution in [0.4, 0.5) is 0 Å². The lowest BCUT2D eigenvalue weighted by atomic mass is 9.79. The van der Waals surface area contributed by atoms with Gasteiger partial charge < -0.3 is 14.6 Å². The van der Waals surface area contributed by atoms with Crippen LogP contribution in [0.3, 0.4) is 0 Å². The zero-order valence-corrected chi connectivity index (χ0v) is 8.66. The van der Waals surface area contributed by atoms with Gasteiger partial charge in [-0.3, -0.25) is 0 Å². The third-order valence-electron chi connectivity index (χ3n) is 3.26. The van der Waals surface area contributed by atoms with Crippen molar-refractivity contribution in [3.05, 3.63) is 12.2 Å². The first-order valence-corrected chi connectivity index (χ1v) is 5.24. The molecule has 80 valence electrons. The molecule has 1 N–H and O–H groups in total. The van der Waals surface area contributed by atoms with Gasteiger partial charge in [0.25, 0.3) is 0 Å². The highest BCUT2D eigenvalue weighted by molar-refractivity contribution is 5.04. The molecule has 0 radical (unpaired) electrons. The highest BCUT2D eigenvalue weighted by atomic mass is 16.7. The van der Waals surface area contributed by atoms with Gasteiger partial charge >= 0.3 is 0 Å². The largest absolute Gasteiger partial charge is 0.392 e. The van der Waals surface area contributed by atoms with E-state index in [0.29, 0.717) is 13.2 Å². The van der Waals surface area contributed by atoms with Crippen LogP contribution in [0, 0.1) is 5.92 Å². The predicted molar refractivity (Wildman–Crippen MR) is 52.8 cm³/mol. The van der Waals surface area contributed by atoms with E-state index in [1.807, 2.05) is 6.92 Å². The average Bonchev–Trinajstić information content (AvgIpc) is 2.58. The van der Waals surface area contributed by atoms with Crippen LogP contribution in [-0.4, -0.2) is 30.2 Å². The van der Waals surface area contributed by atoms with Crippen molar-refractivity contribution >= 4 is 0 Å². The van der Waals surface area contributed by atoms with Crippen LogP contribution in [-0.2, 0) is 9.47 Å². The first-order chi connectivity index (χ1) is 6.63. The van der Waals surface area contributed by atoms with E-state index in [2.05, 4.69) is 6.58 Å². The summed E-state index contributed by atoms with van der Waals surface area (Å²) >= 11 is 0. The van der Waals surface area contributed by atoms with Crippen LogP contribution in [0.1, 0.15) is 26.2 Å². The van der Waals surface area contributed by atoms with Gasteiger partial charge in [0.1, 0.15) is 0 Å². The van der Waals surface area contributed by atoms with E-state index in [1.165, 1.54) is 0 Å². The highest BCUT2D eigenvalue weighted by Crippen LogP contribution is 2.41. The van der Waals surface area contributed by atoms with E-state index >= 15 is 0 Å². The van der Waals surface area contributed by atoms with Gasteiger partial charge in [0.05, 0.1) is 19.3 Å². The number of aliphatic hydroxyl groups excluding tert-OH is 1. The second-order valence-corrected chi connectivity index (χ2v) is 4.37. The molecule has 2 aliphatic rings. The fourth-order valence-electron chi connectivity index (χ4n) is 2.40. The summed E-state index contributed by atoms with van der Waals surface area (Å²) in [4.78, 5) is 0. The molecule has 14 heavy (non-hydrogen) atoms. The Morgan fingerprint density at radius 1 is 1.43 bits per heavy atom. The summed E-state index contributed by atoms with van der Waals surface area (Å²) in [6, 6.07) is 0. The van der Waals surface area contributed by atoms with E-state index in [0.717, 1.165) is 24.8 Å². The normalized spacial score (nSPS) is 36.1. The summed E-state index contributed by atoms with van der Waals surface area (Å²) in [5.41, 5.74) is 1.02. The zero-order chi connectivity index (χ0) is 10.2. The van der Waals surface area contributed by atoms with Crippen molar-refractivity contribution in [2.45, 2.75) is 38.1 Å². The Morgan fingerprint density at radius 3 is 2.64 bits per heavy atom. The zero-order valence-electron chi connectivity index (χ0n) is 8.66. The Labute approximate surface area is 84.7 Å². The monoisotopic (exact) mass is 198 g/mol. The van der Waals surface area contributed by atoms with Crippen LogP contribution in [0.2, 0.25) is 0 Å². The lowest BCUT2D eigenvalue weighted by Crippen LogP contribution is -2.42. The maximum Gasteiger partial charge on any atom is 0.169 e. The molecule has 3 heteroatoms. The molecule has 1 aliphatic carbocycles. The molecule has 1 spiro atoms. The van der Waals surface area contributed by atoms with Crippen LogP contribution in [0.5, 0.6) is 0 Å². The Bertz CT molecular complexity index is 231. The van der Waals surface area contributed by atoms with Gasteiger partial charge in [-0.1, -0.05) is 12.2 Å². The number of ether oxygens (including phenoxy) is 2. The molecule has 0 amide bonds. The van der Waals surface area contributed by atoms with Crippen LogP contribution < -0.4 is 0 Å². The minimum atomic E-state index is -0.414. The molecule has 0 aromatic carbocycles. The number of hydrogen-bond donors (Lipinski definition) is 1. The van der Waals surface area contributed by atoms with Crippen LogP contribution in [0.15, 0.2) is 12.2 Å². The second-order valence-electron chi connectivity index (χ2n) is 4.37. The van der Waals surface area contributed by atoms with Crippen molar-refractivity contribution in [2.24, 2.45) is 5.92 Å². The summed E-state index contributed by atoms with van der Waals surface area (Å²) in [6.45, 7) is 7.23. The first kappa shape index (κ1) is 10.1.